The van der Waals surface area contributed by atoms with Gasteiger partial charge in [0.2, 0.25) is 10.0 Å². The normalized spacial score (nSPS) is 19.2. The largest absolute Gasteiger partial charge is 0.269 e. The van der Waals surface area contributed by atoms with Crippen molar-refractivity contribution in [2.45, 2.75) is 50.1 Å². The van der Waals surface area contributed by atoms with Gasteiger partial charge in [-0.2, -0.15) is 9.40 Å². The zero-order chi connectivity index (χ0) is 17.3. The predicted octanol–water partition coefficient (Wildman–Crippen LogP) is 3.51. The van der Waals surface area contributed by atoms with Crippen LogP contribution in [0, 0.1) is 0 Å². The summed E-state index contributed by atoms with van der Waals surface area (Å²) in [6.45, 7) is 4.49. The van der Waals surface area contributed by atoms with Crippen LogP contribution in [0.3, 0.4) is 0 Å². The minimum absolute atomic E-state index is 0.0581. The molecule has 0 amide bonds. The van der Waals surface area contributed by atoms with E-state index in [4.69, 9.17) is 11.6 Å². The Labute approximate surface area is 148 Å². The molecular formula is C17H22ClN3O2S. The Morgan fingerprint density at radius 1 is 1.33 bits per heavy atom. The van der Waals surface area contributed by atoms with Crippen LogP contribution in [0.4, 0.5) is 0 Å². The van der Waals surface area contributed by atoms with Crippen molar-refractivity contribution in [2.75, 3.05) is 6.54 Å². The fourth-order valence-electron chi connectivity index (χ4n) is 3.12. The minimum atomic E-state index is -3.53. The fourth-order valence-corrected chi connectivity index (χ4v) is 4.97. The summed E-state index contributed by atoms with van der Waals surface area (Å²) in [6, 6.07) is 7.69. The van der Waals surface area contributed by atoms with Gasteiger partial charge in [0, 0.05) is 29.8 Å². The molecule has 1 unspecified atom stereocenters. The lowest BCUT2D eigenvalue weighted by atomic mass is 10.0. The van der Waals surface area contributed by atoms with Crippen LogP contribution in [0.15, 0.2) is 41.6 Å². The summed E-state index contributed by atoms with van der Waals surface area (Å²) in [7, 11) is -3.53. The first-order valence-electron chi connectivity index (χ1n) is 8.19. The van der Waals surface area contributed by atoms with E-state index in [0.29, 0.717) is 18.0 Å². The molecule has 1 atom stereocenters. The van der Waals surface area contributed by atoms with Crippen LogP contribution in [-0.4, -0.2) is 35.1 Å². The fraction of sp³-hybridized carbons (Fsp3) is 0.471. The van der Waals surface area contributed by atoms with Crippen molar-refractivity contribution < 1.29 is 8.42 Å². The lowest BCUT2D eigenvalue weighted by Crippen LogP contribution is -2.36. The first-order chi connectivity index (χ1) is 11.4. The molecule has 5 nitrogen and oxygen atoms in total. The highest BCUT2D eigenvalue weighted by Crippen LogP contribution is 2.30. The summed E-state index contributed by atoms with van der Waals surface area (Å²) in [5.41, 5.74) is 0.990. The summed E-state index contributed by atoms with van der Waals surface area (Å²) in [5, 5.41) is 4.86. The van der Waals surface area contributed by atoms with E-state index < -0.39 is 10.0 Å². The van der Waals surface area contributed by atoms with Gasteiger partial charge in [-0.05, 0) is 44.7 Å². The highest BCUT2D eigenvalue weighted by atomic mass is 35.5. The first kappa shape index (κ1) is 17.5. The molecule has 130 valence electrons. The predicted molar refractivity (Wildman–Crippen MR) is 94.7 cm³/mol. The number of benzene rings is 1. The Balaban J connectivity index is 1.85. The molecule has 0 N–H and O–H groups in total. The summed E-state index contributed by atoms with van der Waals surface area (Å²) >= 11 is 6.24. The number of nitrogens with zero attached hydrogens (tertiary/aromatic N) is 3. The van der Waals surface area contributed by atoms with Crippen molar-refractivity contribution in [3.63, 3.8) is 0 Å². The van der Waals surface area contributed by atoms with Gasteiger partial charge >= 0.3 is 0 Å². The second kappa shape index (κ2) is 6.86. The molecule has 0 spiro atoms. The van der Waals surface area contributed by atoms with Crippen LogP contribution in [0.5, 0.6) is 0 Å². The zero-order valence-electron chi connectivity index (χ0n) is 13.9. The number of hydrogen-bond acceptors (Lipinski definition) is 3. The maximum atomic E-state index is 13.0. The van der Waals surface area contributed by atoms with E-state index >= 15 is 0 Å². The number of halogens is 1. The van der Waals surface area contributed by atoms with Crippen molar-refractivity contribution >= 4 is 21.6 Å². The second-order valence-electron chi connectivity index (χ2n) is 6.46. The molecule has 0 saturated carbocycles. The maximum absolute atomic E-state index is 13.0. The molecule has 1 aliphatic rings. The standard InChI is InChI=1S/C17H22ClN3O2S/c1-13(2)20-12-16(11-19-20)24(22,23)21-9-5-7-15(21)10-14-6-3-4-8-17(14)18/h3-4,6,8,11-13,15H,5,7,9-10H2,1-2H3. The lowest BCUT2D eigenvalue weighted by molar-refractivity contribution is 0.385. The van der Waals surface area contributed by atoms with Gasteiger partial charge in [0.25, 0.3) is 0 Å². The highest BCUT2D eigenvalue weighted by Gasteiger charge is 2.36. The zero-order valence-corrected chi connectivity index (χ0v) is 15.5. The number of rotatable bonds is 5. The maximum Gasteiger partial charge on any atom is 0.246 e. The average Bonchev–Trinajstić information content (AvgIpc) is 3.19. The number of sulfonamides is 1. The van der Waals surface area contributed by atoms with E-state index in [1.54, 1.807) is 15.2 Å². The van der Waals surface area contributed by atoms with Crippen molar-refractivity contribution in [1.29, 1.82) is 0 Å². The topological polar surface area (TPSA) is 55.2 Å². The molecule has 0 bridgehead atoms. The van der Waals surface area contributed by atoms with E-state index in [9.17, 15) is 8.42 Å². The molecule has 24 heavy (non-hydrogen) atoms. The molecule has 3 rings (SSSR count). The molecular weight excluding hydrogens is 346 g/mol. The van der Waals surface area contributed by atoms with Gasteiger partial charge in [0.1, 0.15) is 4.90 Å². The second-order valence-corrected chi connectivity index (χ2v) is 8.75. The molecule has 2 aromatic rings. The van der Waals surface area contributed by atoms with E-state index in [-0.39, 0.29) is 17.0 Å². The molecule has 0 aliphatic carbocycles. The molecule has 2 heterocycles. The van der Waals surface area contributed by atoms with E-state index in [2.05, 4.69) is 5.10 Å². The molecule has 1 fully saturated rings. The monoisotopic (exact) mass is 367 g/mol. The third kappa shape index (κ3) is 3.36. The van der Waals surface area contributed by atoms with Crippen molar-refractivity contribution in [2.24, 2.45) is 0 Å². The van der Waals surface area contributed by atoms with Gasteiger partial charge in [0.05, 0.1) is 6.20 Å². The highest BCUT2D eigenvalue weighted by molar-refractivity contribution is 7.89. The summed E-state index contributed by atoms with van der Waals surface area (Å²) in [5.74, 6) is 0. The van der Waals surface area contributed by atoms with Crippen LogP contribution >= 0.6 is 11.6 Å². The quantitative estimate of drug-likeness (QED) is 0.812. The van der Waals surface area contributed by atoms with Gasteiger partial charge in [-0.1, -0.05) is 29.8 Å². The van der Waals surface area contributed by atoms with Crippen molar-refractivity contribution in [1.82, 2.24) is 14.1 Å². The molecule has 1 saturated heterocycles. The van der Waals surface area contributed by atoms with Gasteiger partial charge < -0.3 is 0 Å². The van der Waals surface area contributed by atoms with E-state index in [0.717, 1.165) is 18.4 Å². The van der Waals surface area contributed by atoms with Crippen LogP contribution in [0.2, 0.25) is 5.02 Å². The minimum Gasteiger partial charge on any atom is -0.269 e. The Bertz CT molecular complexity index is 817. The molecule has 1 aliphatic heterocycles. The summed E-state index contributed by atoms with van der Waals surface area (Å²) in [4.78, 5) is 0.266. The summed E-state index contributed by atoms with van der Waals surface area (Å²) in [6.07, 6.45) is 5.41. The van der Waals surface area contributed by atoms with Crippen molar-refractivity contribution in [3.05, 3.63) is 47.2 Å². The van der Waals surface area contributed by atoms with E-state index in [1.165, 1.54) is 6.20 Å². The van der Waals surface area contributed by atoms with Gasteiger partial charge in [-0.25, -0.2) is 8.42 Å². The smallest absolute Gasteiger partial charge is 0.246 e. The van der Waals surface area contributed by atoms with Crippen LogP contribution in [0.1, 0.15) is 38.3 Å². The summed E-state index contributed by atoms with van der Waals surface area (Å²) < 4.78 is 29.3. The van der Waals surface area contributed by atoms with Crippen LogP contribution < -0.4 is 0 Å². The van der Waals surface area contributed by atoms with Crippen molar-refractivity contribution in [3.8, 4) is 0 Å². The molecule has 0 radical (unpaired) electrons. The SMILES string of the molecule is CC(C)n1cc(S(=O)(=O)N2CCCC2Cc2ccccc2Cl)cn1. The first-order valence-corrected chi connectivity index (χ1v) is 10.0. The van der Waals surface area contributed by atoms with E-state index in [1.807, 2.05) is 38.1 Å². The molecule has 1 aromatic heterocycles. The lowest BCUT2D eigenvalue weighted by Gasteiger charge is -2.23. The Morgan fingerprint density at radius 3 is 2.75 bits per heavy atom. The Morgan fingerprint density at radius 2 is 2.08 bits per heavy atom. The number of aromatic nitrogens is 2. The van der Waals surface area contributed by atoms with Gasteiger partial charge in [0.15, 0.2) is 0 Å². The number of hydrogen-bond donors (Lipinski definition) is 0. The third-order valence-electron chi connectivity index (χ3n) is 4.45. The molecule has 1 aromatic carbocycles. The Kier molecular flexibility index (Phi) is 4.99. The van der Waals surface area contributed by atoms with Crippen LogP contribution in [0.25, 0.3) is 0 Å². The Hall–Kier alpha value is -1.37. The average molecular weight is 368 g/mol. The van der Waals surface area contributed by atoms with Crippen LogP contribution in [-0.2, 0) is 16.4 Å². The van der Waals surface area contributed by atoms with Gasteiger partial charge in [-0.3, -0.25) is 4.68 Å². The molecule has 7 heteroatoms. The third-order valence-corrected chi connectivity index (χ3v) is 6.72. The van der Waals surface area contributed by atoms with Gasteiger partial charge in [-0.15, -0.1) is 0 Å².